The standard InChI is InChI=1S/C14H20N4O3/c1-2-21-14(20)11-9-15-5-7-18(11)12-13(19)17(8-6-16-12)10-3-4-10/h6,8,10-11,15H,2-5,7,9H2,1H3. The Bertz CT molecular complexity index is 582. The van der Waals surface area contributed by atoms with Crippen molar-refractivity contribution in [3.63, 3.8) is 0 Å². The van der Waals surface area contributed by atoms with Gasteiger partial charge < -0.3 is 19.5 Å². The van der Waals surface area contributed by atoms with Gasteiger partial charge in [-0.15, -0.1) is 0 Å². The summed E-state index contributed by atoms with van der Waals surface area (Å²) < 4.78 is 6.83. The number of hydrogen-bond donors (Lipinski definition) is 1. The van der Waals surface area contributed by atoms with Gasteiger partial charge in [0.15, 0.2) is 5.82 Å². The third kappa shape index (κ3) is 2.78. The van der Waals surface area contributed by atoms with Gasteiger partial charge in [0.2, 0.25) is 0 Å². The number of ether oxygens (including phenoxy) is 1. The molecule has 7 heteroatoms. The van der Waals surface area contributed by atoms with Crippen molar-refractivity contribution in [2.24, 2.45) is 0 Å². The summed E-state index contributed by atoms with van der Waals surface area (Å²) in [6, 6.07) is -0.197. The van der Waals surface area contributed by atoms with Gasteiger partial charge in [0.25, 0.3) is 5.56 Å². The topological polar surface area (TPSA) is 76.5 Å². The van der Waals surface area contributed by atoms with E-state index in [9.17, 15) is 9.59 Å². The van der Waals surface area contributed by atoms with Crippen molar-refractivity contribution in [3.05, 3.63) is 22.7 Å². The fourth-order valence-corrected chi connectivity index (χ4v) is 2.66. The van der Waals surface area contributed by atoms with Crippen LogP contribution in [0.5, 0.6) is 0 Å². The van der Waals surface area contributed by atoms with E-state index in [1.807, 2.05) is 0 Å². The van der Waals surface area contributed by atoms with Crippen LogP contribution < -0.4 is 15.8 Å². The van der Waals surface area contributed by atoms with Crippen molar-refractivity contribution in [3.8, 4) is 0 Å². The van der Waals surface area contributed by atoms with Crippen molar-refractivity contribution >= 4 is 11.8 Å². The molecule has 2 heterocycles. The predicted octanol–water partition coefficient (Wildman–Crippen LogP) is -0.0805. The molecule has 114 valence electrons. The summed E-state index contributed by atoms with van der Waals surface area (Å²) in [6.45, 7) is 3.87. The summed E-state index contributed by atoms with van der Waals surface area (Å²) >= 11 is 0. The first-order chi connectivity index (χ1) is 10.2. The number of rotatable bonds is 4. The fraction of sp³-hybridized carbons (Fsp3) is 0.643. The first-order valence-electron chi connectivity index (χ1n) is 7.43. The number of nitrogens with one attached hydrogen (secondary N) is 1. The molecule has 0 radical (unpaired) electrons. The largest absolute Gasteiger partial charge is 0.464 e. The Balaban J connectivity index is 1.91. The minimum atomic E-state index is -0.492. The van der Waals surface area contributed by atoms with E-state index >= 15 is 0 Å². The molecule has 1 aromatic heterocycles. The average molecular weight is 292 g/mol. The Morgan fingerprint density at radius 3 is 3.05 bits per heavy atom. The second-order valence-corrected chi connectivity index (χ2v) is 5.36. The van der Waals surface area contributed by atoms with E-state index in [-0.39, 0.29) is 11.5 Å². The molecule has 0 amide bonds. The number of carbonyl (C=O) groups excluding carboxylic acids is 1. The number of nitrogens with zero attached hydrogens (tertiary/aromatic N) is 3. The Morgan fingerprint density at radius 1 is 1.52 bits per heavy atom. The normalized spacial score (nSPS) is 22.1. The van der Waals surface area contributed by atoms with Crippen LogP contribution >= 0.6 is 0 Å². The van der Waals surface area contributed by atoms with Gasteiger partial charge in [-0.1, -0.05) is 0 Å². The molecule has 1 unspecified atom stereocenters. The molecule has 1 aliphatic heterocycles. The van der Waals surface area contributed by atoms with E-state index in [0.29, 0.717) is 31.6 Å². The summed E-state index contributed by atoms with van der Waals surface area (Å²) in [5.41, 5.74) is -0.115. The first-order valence-corrected chi connectivity index (χ1v) is 7.43. The van der Waals surface area contributed by atoms with Crippen molar-refractivity contribution < 1.29 is 9.53 Å². The zero-order chi connectivity index (χ0) is 14.8. The second kappa shape index (κ2) is 5.85. The zero-order valence-electron chi connectivity index (χ0n) is 12.1. The SMILES string of the molecule is CCOC(=O)C1CNCCN1c1nccn(C2CC2)c1=O. The molecule has 2 aliphatic rings. The summed E-state index contributed by atoms with van der Waals surface area (Å²) in [7, 11) is 0. The van der Waals surface area contributed by atoms with E-state index in [2.05, 4.69) is 10.3 Å². The van der Waals surface area contributed by atoms with Gasteiger partial charge >= 0.3 is 5.97 Å². The molecule has 1 atom stereocenters. The minimum Gasteiger partial charge on any atom is -0.464 e. The van der Waals surface area contributed by atoms with Crippen LogP contribution in [0.4, 0.5) is 5.82 Å². The quantitative estimate of drug-likeness (QED) is 0.782. The maximum Gasteiger partial charge on any atom is 0.330 e. The number of hydrogen-bond acceptors (Lipinski definition) is 6. The molecular formula is C14H20N4O3. The van der Waals surface area contributed by atoms with Crippen LogP contribution in [-0.4, -0.2) is 47.8 Å². The van der Waals surface area contributed by atoms with Gasteiger partial charge in [-0.3, -0.25) is 4.79 Å². The molecule has 7 nitrogen and oxygen atoms in total. The number of anilines is 1. The van der Waals surface area contributed by atoms with Crippen LogP contribution in [0, 0.1) is 0 Å². The Labute approximate surface area is 122 Å². The summed E-state index contributed by atoms with van der Waals surface area (Å²) in [5, 5.41) is 3.16. The van der Waals surface area contributed by atoms with Gasteiger partial charge in [-0.2, -0.15) is 0 Å². The monoisotopic (exact) mass is 292 g/mol. The molecule has 0 spiro atoms. The fourth-order valence-electron chi connectivity index (χ4n) is 2.66. The van der Waals surface area contributed by atoms with E-state index in [4.69, 9.17) is 4.74 Å². The van der Waals surface area contributed by atoms with Gasteiger partial charge in [0.05, 0.1) is 6.61 Å². The highest BCUT2D eigenvalue weighted by atomic mass is 16.5. The van der Waals surface area contributed by atoms with Crippen molar-refractivity contribution in [2.75, 3.05) is 31.1 Å². The number of carbonyl (C=O) groups is 1. The highest BCUT2D eigenvalue weighted by Crippen LogP contribution is 2.33. The van der Waals surface area contributed by atoms with Crippen LogP contribution in [0.1, 0.15) is 25.8 Å². The van der Waals surface area contributed by atoms with Crippen LogP contribution in [0.15, 0.2) is 17.2 Å². The molecule has 1 aromatic rings. The van der Waals surface area contributed by atoms with Crippen LogP contribution in [0.3, 0.4) is 0 Å². The summed E-state index contributed by atoms with van der Waals surface area (Å²) in [6.07, 6.45) is 5.43. The third-order valence-corrected chi connectivity index (χ3v) is 3.86. The molecule has 1 N–H and O–H groups in total. The maximum atomic E-state index is 12.6. The minimum absolute atomic E-state index is 0.115. The third-order valence-electron chi connectivity index (χ3n) is 3.86. The van der Waals surface area contributed by atoms with Crippen LogP contribution in [0.25, 0.3) is 0 Å². The number of aromatic nitrogens is 2. The molecule has 21 heavy (non-hydrogen) atoms. The van der Waals surface area contributed by atoms with E-state index in [1.54, 1.807) is 28.8 Å². The van der Waals surface area contributed by atoms with Crippen molar-refractivity contribution in [2.45, 2.75) is 31.8 Å². The predicted molar refractivity (Wildman–Crippen MR) is 77.4 cm³/mol. The molecule has 0 aromatic carbocycles. The molecule has 2 fully saturated rings. The Hall–Kier alpha value is -1.89. The second-order valence-electron chi connectivity index (χ2n) is 5.36. The lowest BCUT2D eigenvalue weighted by atomic mass is 10.2. The first kappa shape index (κ1) is 14.1. The molecule has 0 bridgehead atoms. The van der Waals surface area contributed by atoms with E-state index in [1.165, 1.54) is 0 Å². The zero-order valence-corrected chi connectivity index (χ0v) is 12.1. The Morgan fingerprint density at radius 2 is 2.33 bits per heavy atom. The smallest absolute Gasteiger partial charge is 0.330 e. The van der Waals surface area contributed by atoms with Crippen molar-refractivity contribution in [1.29, 1.82) is 0 Å². The highest BCUT2D eigenvalue weighted by molar-refractivity contribution is 5.80. The van der Waals surface area contributed by atoms with Gasteiger partial charge in [-0.05, 0) is 19.8 Å². The number of piperazine rings is 1. The van der Waals surface area contributed by atoms with Crippen molar-refractivity contribution in [1.82, 2.24) is 14.9 Å². The summed E-state index contributed by atoms with van der Waals surface area (Å²) in [4.78, 5) is 30.6. The molecule has 1 saturated carbocycles. The number of esters is 1. The Kier molecular flexibility index (Phi) is 3.92. The van der Waals surface area contributed by atoms with Gasteiger partial charge in [-0.25, -0.2) is 9.78 Å². The van der Waals surface area contributed by atoms with Crippen LogP contribution in [0.2, 0.25) is 0 Å². The maximum absolute atomic E-state index is 12.6. The lowest BCUT2D eigenvalue weighted by Gasteiger charge is -2.34. The lowest BCUT2D eigenvalue weighted by molar-refractivity contribution is -0.144. The van der Waals surface area contributed by atoms with E-state index < -0.39 is 6.04 Å². The highest BCUT2D eigenvalue weighted by Gasteiger charge is 2.33. The molecule has 3 rings (SSSR count). The van der Waals surface area contributed by atoms with Crippen LogP contribution in [-0.2, 0) is 9.53 Å². The molecule has 1 aliphatic carbocycles. The van der Waals surface area contributed by atoms with Gasteiger partial charge in [0.1, 0.15) is 6.04 Å². The summed E-state index contributed by atoms with van der Waals surface area (Å²) in [5.74, 6) is 0.0386. The average Bonchev–Trinajstić information content (AvgIpc) is 3.32. The molecule has 1 saturated heterocycles. The van der Waals surface area contributed by atoms with Gasteiger partial charge in [0, 0.05) is 38.1 Å². The lowest BCUT2D eigenvalue weighted by Crippen LogP contribution is -2.57. The van der Waals surface area contributed by atoms with E-state index in [0.717, 1.165) is 19.4 Å². The molecular weight excluding hydrogens is 272 g/mol.